The van der Waals surface area contributed by atoms with Gasteiger partial charge in [-0.25, -0.2) is 0 Å². The van der Waals surface area contributed by atoms with Gasteiger partial charge in [0.15, 0.2) is 11.0 Å². The predicted octanol–water partition coefficient (Wildman–Crippen LogP) is 2.87. The number of benzene rings is 1. The number of fused-ring (bicyclic) bond motifs is 1. The Kier molecular flexibility index (Phi) is 3.95. The maximum atomic E-state index is 9.89. The van der Waals surface area contributed by atoms with Crippen LogP contribution in [-0.2, 0) is 7.05 Å². The molecular formula is C16H18ClN5O. The summed E-state index contributed by atoms with van der Waals surface area (Å²) in [5, 5.41) is 27.3. The van der Waals surface area contributed by atoms with Gasteiger partial charge in [0.05, 0.1) is 11.8 Å². The summed E-state index contributed by atoms with van der Waals surface area (Å²) >= 11 is 6.15. The maximum absolute atomic E-state index is 9.89. The summed E-state index contributed by atoms with van der Waals surface area (Å²) in [5.41, 5.74) is 1.17. The van der Waals surface area contributed by atoms with Gasteiger partial charge in [-0.3, -0.25) is 4.68 Å². The van der Waals surface area contributed by atoms with Gasteiger partial charge in [0.25, 0.3) is 0 Å². The number of halogens is 1. The molecule has 7 heteroatoms. The molecule has 120 valence electrons. The van der Waals surface area contributed by atoms with Crippen molar-refractivity contribution in [3.63, 3.8) is 0 Å². The molecule has 0 fully saturated rings. The lowest BCUT2D eigenvalue weighted by molar-refractivity contribution is 0.0944. The third-order valence-electron chi connectivity index (χ3n) is 3.46. The minimum Gasteiger partial charge on any atom is -0.389 e. The molecule has 2 aromatic heterocycles. The summed E-state index contributed by atoms with van der Waals surface area (Å²) in [6.07, 6.45) is 3.75. The first-order chi connectivity index (χ1) is 10.8. The van der Waals surface area contributed by atoms with E-state index in [4.69, 9.17) is 11.6 Å². The van der Waals surface area contributed by atoms with Crippen molar-refractivity contribution in [3.8, 4) is 11.1 Å². The molecule has 2 heterocycles. The summed E-state index contributed by atoms with van der Waals surface area (Å²) < 4.78 is 1.75. The molecule has 23 heavy (non-hydrogen) atoms. The number of nitrogens with zero attached hydrogens (tertiary/aromatic N) is 4. The third-order valence-corrected chi connectivity index (χ3v) is 3.74. The number of aliphatic hydroxyl groups is 1. The van der Waals surface area contributed by atoms with Crippen LogP contribution in [0.4, 0.5) is 5.82 Å². The summed E-state index contributed by atoms with van der Waals surface area (Å²) in [4.78, 5) is 0. The van der Waals surface area contributed by atoms with Crippen LogP contribution in [0.1, 0.15) is 13.8 Å². The number of hydrogen-bond donors (Lipinski definition) is 2. The van der Waals surface area contributed by atoms with Gasteiger partial charge in [-0.2, -0.15) is 5.10 Å². The molecule has 0 aliphatic rings. The Morgan fingerprint density at radius 1 is 1.22 bits per heavy atom. The second kappa shape index (κ2) is 5.79. The quantitative estimate of drug-likeness (QED) is 0.768. The molecule has 3 rings (SSSR count). The summed E-state index contributed by atoms with van der Waals surface area (Å²) in [7, 11) is 1.88. The van der Waals surface area contributed by atoms with Gasteiger partial charge in [0, 0.05) is 36.1 Å². The number of aryl methyl sites for hydroxylation is 1. The highest BCUT2D eigenvalue weighted by Gasteiger charge is 2.15. The molecule has 0 atom stereocenters. The molecule has 3 aromatic rings. The highest BCUT2D eigenvalue weighted by molar-refractivity contribution is 6.34. The van der Waals surface area contributed by atoms with E-state index in [2.05, 4.69) is 20.6 Å². The molecule has 0 aliphatic carbocycles. The molecule has 0 radical (unpaired) electrons. The van der Waals surface area contributed by atoms with Crippen molar-refractivity contribution in [3.05, 3.63) is 35.7 Å². The first kappa shape index (κ1) is 15.7. The van der Waals surface area contributed by atoms with Crippen molar-refractivity contribution in [2.45, 2.75) is 19.4 Å². The summed E-state index contributed by atoms with van der Waals surface area (Å²) in [5.74, 6) is 0.595. The van der Waals surface area contributed by atoms with E-state index in [0.29, 0.717) is 17.5 Å². The van der Waals surface area contributed by atoms with Crippen molar-refractivity contribution >= 4 is 28.2 Å². The minimum atomic E-state index is -0.853. The van der Waals surface area contributed by atoms with E-state index in [1.54, 1.807) is 24.7 Å². The number of nitrogens with one attached hydrogen (secondary N) is 1. The number of rotatable bonds is 4. The average molecular weight is 332 g/mol. The monoisotopic (exact) mass is 331 g/mol. The van der Waals surface area contributed by atoms with Crippen LogP contribution in [0.25, 0.3) is 21.9 Å². The molecule has 1 aromatic carbocycles. The zero-order chi connectivity index (χ0) is 16.6. The van der Waals surface area contributed by atoms with Crippen molar-refractivity contribution in [2.75, 3.05) is 11.9 Å². The fraction of sp³-hybridized carbons (Fsp3) is 0.312. The molecule has 0 bridgehead atoms. The van der Waals surface area contributed by atoms with Crippen LogP contribution in [0.3, 0.4) is 0 Å². The molecule has 0 saturated carbocycles. The van der Waals surface area contributed by atoms with E-state index in [-0.39, 0.29) is 0 Å². The van der Waals surface area contributed by atoms with Gasteiger partial charge in [0.1, 0.15) is 0 Å². The zero-order valence-corrected chi connectivity index (χ0v) is 14.0. The fourth-order valence-electron chi connectivity index (χ4n) is 2.30. The number of hydrogen-bond acceptors (Lipinski definition) is 5. The number of anilines is 1. The second-order valence-corrected chi connectivity index (χ2v) is 6.53. The number of aromatic nitrogens is 4. The largest absolute Gasteiger partial charge is 0.389 e. The van der Waals surface area contributed by atoms with Crippen molar-refractivity contribution in [2.24, 2.45) is 7.05 Å². The highest BCUT2D eigenvalue weighted by Crippen LogP contribution is 2.30. The highest BCUT2D eigenvalue weighted by atomic mass is 35.5. The predicted molar refractivity (Wildman–Crippen MR) is 91.5 cm³/mol. The summed E-state index contributed by atoms with van der Waals surface area (Å²) in [6.45, 7) is 3.81. The average Bonchev–Trinajstić information content (AvgIpc) is 2.92. The van der Waals surface area contributed by atoms with Crippen LogP contribution in [-0.4, -0.2) is 37.2 Å². The van der Waals surface area contributed by atoms with E-state index in [9.17, 15) is 5.11 Å². The lowest BCUT2D eigenvalue weighted by Gasteiger charge is -2.18. The van der Waals surface area contributed by atoms with Gasteiger partial charge in [0.2, 0.25) is 0 Å². The second-order valence-electron chi connectivity index (χ2n) is 6.17. The first-order valence-electron chi connectivity index (χ1n) is 7.25. The standard InChI is InChI=1S/C16H18ClN5O/c1-16(2,23)9-18-15-13-6-10(11-7-19-22(3)8-11)4-5-12(13)14(17)20-21-15/h4-8,23H,9H2,1-3H3,(H,18,21). The van der Waals surface area contributed by atoms with E-state index in [0.717, 1.165) is 21.9 Å². The molecular weight excluding hydrogens is 314 g/mol. The Labute approximate surface area is 139 Å². The van der Waals surface area contributed by atoms with Crippen LogP contribution in [0.5, 0.6) is 0 Å². The maximum Gasteiger partial charge on any atom is 0.159 e. The molecule has 2 N–H and O–H groups in total. The van der Waals surface area contributed by atoms with Gasteiger partial charge in [-0.1, -0.05) is 23.7 Å². The third kappa shape index (κ3) is 3.43. The Hall–Kier alpha value is -2.18. The van der Waals surface area contributed by atoms with Crippen molar-refractivity contribution < 1.29 is 5.11 Å². The van der Waals surface area contributed by atoms with Crippen molar-refractivity contribution in [1.82, 2.24) is 20.0 Å². The van der Waals surface area contributed by atoms with Gasteiger partial charge in [-0.15, -0.1) is 10.2 Å². The topological polar surface area (TPSA) is 75.9 Å². The molecule has 0 aliphatic heterocycles. The molecule has 0 unspecified atom stereocenters. The first-order valence-corrected chi connectivity index (χ1v) is 7.62. The zero-order valence-electron chi connectivity index (χ0n) is 13.2. The molecule has 0 saturated heterocycles. The van der Waals surface area contributed by atoms with E-state index < -0.39 is 5.60 Å². The normalized spacial score (nSPS) is 11.9. The smallest absolute Gasteiger partial charge is 0.159 e. The fourth-order valence-corrected chi connectivity index (χ4v) is 2.50. The van der Waals surface area contributed by atoms with Gasteiger partial charge < -0.3 is 10.4 Å². The summed E-state index contributed by atoms with van der Waals surface area (Å²) in [6, 6.07) is 5.90. The van der Waals surface area contributed by atoms with Crippen LogP contribution in [0.15, 0.2) is 30.6 Å². The molecule has 0 amide bonds. The SMILES string of the molecule is Cn1cc(-c2ccc3c(Cl)nnc(NCC(C)(C)O)c3c2)cn1. The molecule has 0 spiro atoms. The Balaban J connectivity index is 2.07. The van der Waals surface area contributed by atoms with Crippen LogP contribution < -0.4 is 5.32 Å². The minimum absolute atomic E-state index is 0.353. The molecule has 6 nitrogen and oxygen atoms in total. The van der Waals surface area contributed by atoms with E-state index >= 15 is 0 Å². The Bertz CT molecular complexity index is 853. The lowest BCUT2D eigenvalue weighted by atomic mass is 10.0. The van der Waals surface area contributed by atoms with Crippen molar-refractivity contribution in [1.29, 1.82) is 0 Å². The van der Waals surface area contributed by atoms with Crippen LogP contribution in [0, 0.1) is 0 Å². The van der Waals surface area contributed by atoms with Crippen LogP contribution >= 0.6 is 11.6 Å². The van der Waals surface area contributed by atoms with E-state index in [1.165, 1.54) is 0 Å². The van der Waals surface area contributed by atoms with Crippen LogP contribution in [0.2, 0.25) is 5.15 Å². The lowest BCUT2D eigenvalue weighted by Crippen LogP contribution is -2.29. The van der Waals surface area contributed by atoms with E-state index in [1.807, 2.05) is 31.4 Å². The Morgan fingerprint density at radius 3 is 2.65 bits per heavy atom. The Morgan fingerprint density at radius 2 is 2.00 bits per heavy atom. The van der Waals surface area contributed by atoms with Gasteiger partial charge >= 0.3 is 0 Å². The van der Waals surface area contributed by atoms with Gasteiger partial charge in [-0.05, 0) is 25.5 Å².